The fourth-order valence-electron chi connectivity index (χ4n) is 17.0. The third-order valence-corrected chi connectivity index (χ3v) is 22.4. The van der Waals surface area contributed by atoms with Crippen molar-refractivity contribution in [2.75, 3.05) is 13.2 Å². The molecule has 0 radical (unpaired) electrons. The van der Waals surface area contributed by atoms with Crippen LogP contribution in [0.3, 0.4) is 0 Å². The van der Waals surface area contributed by atoms with Crippen molar-refractivity contribution < 1.29 is 94.9 Å². The first kappa shape index (κ1) is 78.5. The van der Waals surface area contributed by atoms with Gasteiger partial charge in [0.15, 0.2) is 30.3 Å². The van der Waals surface area contributed by atoms with Gasteiger partial charge in [0.1, 0.15) is 97.6 Å². The van der Waals surface area contributed by atoms with Gasteiger partial charge in [0.25, 0.3) is 0 Å². The molecule has 19 atom stereocenters. The Morgan fingerprint density at radius 1 is 0.468 bits per heavy atom. The third kappa shape index (κ3) is 20.0. The van der Waals surface area contributed by atoms with Gasteiger partial charge in [0, 0.05) is 25.7 Å². The lowest BCUT2D eigenvalue weighted by Crippen LogP contribution is -2.71. The van der Waals surface area contributed by atoms with E-state index in [1.165, 1.54) is 0 Å². The van der Waals surface area contributed by atoms with Crippen LogP contribution in [-0.2, 0) is 114 Å². The molecule has 4 heterocycles. The summed E-state index contributed by atoms with van der Waals surface area (Å²) in [6.45, 7) is 11.8. The minimum absolute atomic E-state index is 0.0139. The van der Waals surface area contributed by atoms with Gasteiger partial charge >= 0.3 is 18.2 Å². The Morgan fingerprint density at radius 2 is 0.908 bits per heavy atom. The van der Waals surface area contributed by atoms with Gasteiger partial charge in [-0.1, -0.05) is 210 Å². The normalized spacial score (nSPS) is 31.3. The van der Waals surface area contributed by atoms with Crippen molar-refractivity contribution in [1.29, 1.82) is 0 Å². The summed E-state index contributed by atoms with van der Waals surface area (Å²) >= 11 is 0. The molecule has 586 valence electrons. The van der Waals surface area contributed by atoms with Gasteiger partial charge in [0.05, 0.1) is 45.2 Å². The highest BCUT2D eigenvalue weighted by Crippen LogP contribution is 2.54. The first-order valence-corrected chi connectivity index (χ1v) is 39.7. The minimum atomic E-state index is -1.62. The van der Waals surface area contributed by atoms with E-state index in [0.717, 1.165) is 79.2 Å². The number of carbonyl (C=O) groups excluding carboxylic acids is 3. The topological polar surface area (TPSA) is 220 Å². The van der Waals surface area contributed by atoms with E-state index in [1.807, 2.05) is 158 Å². The number of alkyl carbamates (subject to hydrolysis) is 1. The van der Waals surface area contributed by atoms with Crippen LogP contribution in [0.15, 0.2) is 182 Å². The highest BCUT2D eigenvalue weighted by atomic mass is 16.8. The van der Waals surface area contributed by atoms with Gasteiger partial charge in [-0.25, -0.2) is 14.4 Å². The molecule has 0 bridgehead atoms. The van der Waals surface area contributed by atoms with Crippen LogP contribution in [0.25, 0.3) is 0 Å². The van der Waals surface area contributed by atoms with Crippen molar-refractivity contribution in [1.82, 2.24) is 5.32 Å². The molecule has 8 fully saturated rings. The lowest BCUT2D eigenvalue weighted by molar-refractivity contribution is -0.370. The molecule has 4 saturated heterocycles. The molecule has 21 heteroatoms. The van der Waals surface area contributed by atoms with Crippen LogP contribution in [0.1, 0.15) is 163 Å². The Kier molecular flexibility index (Phi) is 26.3. The lowest BCUT2D eigenvalue weighted by atomic mass is 9.75. The molecular weight excluding hydrogens is 1390 g/mol. The molecule has 14 rings (SSSR count). The average Bonchev–Trinajstić information content (AvgIpc) is 1.56. The van der Waals surface area contributed by atoms with Crippen LogP contribution in [0, 0.1) is 17.8 Å². The van der Waals surface area contributed by atoms with E-state index in [9.17, 15) is 4.79 Å². The molecule has 2 unspecified atom stereocenters. The summed E-state index contributed by atoms with van der Waals surface area (Å²) < 4.78 is 122. The molecule has 2 spiro atoms. The Bertz CT molecular complexity index is 3790. The molecule has 1 amide bonds. The minimum Gasteiger partial charge on any atom is -0.459 e. The van der Waals surface area contributed by atoms with Crippen LogP contribution in [0.5, 0.6) is 0 Å². The Morgan fingerprint density at radius 3 is 1.42 bits per heavy atom. The molecule has 0 aromatic heterocycles. The Labute approximate surface area is 641 Å². The first-order chi connectivity index (χ1) is 53.0. The fourth-order valence-corrected chi connectivity index (χ4v) is 17.0. The second kappa shape index (κ2) is 36.5. The summed E-state index contributed by atoms with van der Waals surface area (Å²) in [5.74, 6) is -2.13. The predicted octanol–water partition coefficient (Wildman–Crippen LogP) is 15.4. The summed E-state index contributed by atoms with van der Waals surface area (Å²) in [4.78, 5) is 45.2. The van der Waals surface area contributed by atoms with E-state index in [4.69, 9.17) is 80.5 Å². The number of rotatable bonds is 27. The van der Waals surface area contributed by atoms with E-state index in [-0.39, 0.29) is 57.0 Å². The number of carbonyl (C=O) groups is 3. The van der Waals surface area contributed by atoms with E-state index >= 15 is 9.59 Å². The van der Waals surface area contributed by atoms with Crippen LogP contribution < -0.4 is 5.32 Å². The maximum absolute atomic E-state index is 15.3. The second-order valence-electron chi connectivity index (χ2n) is 32.1. The molecule has 6 aromatic rings. The van der Waals surface area contributed by atoms with Crippen LogP contribution >= 0.6 is 0 Å². The van der Waals surface area contributed by atoms with Crippen molar-refractivity contribution >= 4 is 18.2 Å². The number of hydrogen-bond donors (Lipinski definition) is 1. The number of benzene rings is 6. The molecule has 4 saturated carbocycles. The van der Waals surface area contributed by atoms with Gasteiger partial charge in [-0.2, -0.15) is 0 Å². The van der Waals surface area contributed by atoms with Crippen LogP contribution in [-0.4, -0.2) is 153 Å². The summed E-state index contributed by atoms with van der Waals surface area (Å²) in [7, 11) is 0. The molecule has 21 nitrogen and oxygen atoms in total. The van der Waals surface area contributed by atoms with Crippen LogP contribution in [0.4, 0.5) is 9.59 Å². The highest BCUT2D eigenvalue weighted by Gasteiger charge is 2.69. The van der Waals surface area contributed by atoms with Crippen molar-refractivity contribution in [2.45, 2.75) is 279 Å². The number of amides is 1. The third-order valence-electron chi connectivity index (χ3n) is 22.4. The zero-order valence-electron chi connectivity index (χ0n) is 63.7. The standard InChI is InChI=1S/C88H109NO20/c1-57(2)65-44-43-58(3)49-66(65)101-85(92)104-75-74(76-78(107-87(105-76)45-27-13-28-46-87)79-77(75)106-88(108-79)47-29-14-30-48-88)103-82-69(89-84(91)109-86(4,5)6)72(95-52-61-35-19-9-20-36-61)71(68(99-82)56-98-81(90)64-41-25-12-26-42-64)102-83-80(97-54-63-39-23-11-24-40-63)73(96-53-62-37-21-10-22-38-62)70(94-51-60-33-17-8-18-34-60)67(100-83)55-93-50-59-31-15-7-16-32-59/h7-12,15-26,31-42,57-58,65-80,82-83H,13-14,27-30,43-56H2,1-6H3,(H,89,91)/t58-,65?,66?,67-,68-,69-,70-,71-,72-,73+,74+,75+,76-,77+,78+,79+,80+,82-,83-/m1/s1. The van der Waals surface area contributed by atoms with Crippen LogP contribution in [0.2, 0.25) is 0 Å². The Hall–Kier alpha value is -7.19. The van der Waals surface area contributed by atoms with Gasteiger partial charge in [-0.3, -0.25) is 0 Å². The van der Waals surface area contributed by atoms with Crippen molar-refractivity contribution in [3.63, 3.8) is 0 Å². The number of ether oxygens (including phenoxy) is 17. The van der Waals surface area contributed by atoms with E-state index in [0.29, 0.717) is 38.0 Å². The molecule has 4 aliphatic carbocycles. The largest absolute Gasteiger partial charge is 0.509 e. The Balaban J connectivity index is 0.902. The van der Waals surface area contributed by atoms with Gasteiger partial charge in [-0.05, 0) is 117 Å². The molecule has 8 aliphatic rings. The molecule has 109 heavy (non-hydrogen) atoms. The number of fused-ring (bicyclic) bond motifs is 3. The van der Waals surface area contributed by atoms with Crippen molar-refractivity contribution in [3.05, 3.63) is 215 Å². The smallest absolute Gasteiger partial charge is 0.459 e. The van der Waals surface area contributed by atoms with Gasteiger partial charge in [0.2, 0.25) is 0 Å². The summed E-state index contributed by atoms with van der Waals surface area (Å²) in [6, 6.07) is 56.2. The molecule has 1 N–H and O–H groups in total. The number of hydrogen-bond acceptors (Lipinski definition) is 20. The number of nitrogens with one attached hydrogen (secondary N) is 1. The lowest BCUT2D eigenvalue weighted by Gasteiger charge is -2.51. The average molecular weight is 1500 g/mol. The maximum atomic E-state index is 15.3. The van der Waals surface area contributed by atoms with Gasteiger partial charge in [-0.15, -0.1) is 0 Å². The van der Waals surface area contributed by atoms with E-state index in [2.05, 4.69) is 26.1 Å². The zero-order chi connectivity index (χ0) is 75.3. The summed E-state index contributed by atoms with van der Waals surface area (Å²) in [6.07, 6.45) is -9.06. The predicted molar refractivity (Wildman–Crippen MR) is 401 cm³/mol. The second-order valence-corrected chi connectivity index (χ2v) is 32.1. The number of esters is 1. The quantitative estimate of drug-likeness (QED) is 0.0374. The maximum Gasteiger partial charge on any atom is 0.509 e. The molecule has 4 aliphatic heterocycles. The van der Waals surface area contributed by atoms with E-state index < -0.39 is 146 Å². The molecule has 6 aromatic carbocycles. The summed E-state index contributed by atoms with van der Waals surface area (Å²) in [5.41, 5.74) is 3.59. The summed E-state index contributed by atoms with van der Waals surface area (Å²) in [5, 5.41) is 3.19. The highest BCUT2D eigenvalue weighted by molar-refractivity contribution is 5.89. The zero-order valence-corrected chi connectivity index (χ0v) is 63.7. The van der Waals surface area contributed by atoms with Gasteiger partial charge < -0.3 is 85.8 Å². The molecular formula is C88H109NO20. The fraction of sp³-hybridized carbons (Fsp3) is 0.557. The SMILES string of the molecule is CC(C)C1CC[C@@H](C)CC1OC(=O)O[C@H]1[C@H](O[C@H]2O[C@H](COC(=O)c3ccccc3)[C@@H](O[C@H]3O[C@H](COCc4ccccc4)[C@@H](OCc4ccccc4)[C@H](OCc4ccccc4)[C@@H]3OCc3ccccc3)[C@H](OCc3ccccc3)[C@H]2NC(=O)OC(C)(C)C)[C@H]2OC3(CCCCC3)O[C@@H]2[C@H]2OC3(CCCCC3)O[C@@H]12. The first-order valence-electron chi connectivity index (χ1n) is 39.7. The van der Waals surface area contributed by atoms with Crippen molar-refractivity contribution in [3.8, 4) is 0 Å². The van der Waals surface area contributed by atoms with Crippen molar-refractivity contribution in [2.24, 2.45) is 17.8 Å². The van der Waals surface area contributed by atoms with E-state index in [1.54, 1.807) is 45.0 Å². The monoisotopic (exact) mass is 1500 g/mol.